The van der Waals surface area contributed by atoms with Crippen LogP contribution in [0.5, 0.6) is 0 Å². The van der Waals surface area contributed by atoms with E-state index in [2.05, 4.69) is 15.1 Å². The van der Waals surface area contributed by atoms with Crippen LogP contribution >= 0.6 is 0 Å². The van der Waals surface area contributed by atoms with Crippen LogP contribution in [0.4, 0.5) is 0 Å². The number of aromatic amines is 1. The van der Waals surface area contributed by atoms with Crippen LogP contribution < -0.4 is 5.56 Å². The maximum Gasteiger partial charge on any atom is 0.356 e. The molecule has 0 saturated carbocycles. The molecule has 0 aliphatic heterocycles. The number of fused-ring (bicyclic) bond motifs is 1. The Kier molecular flexibility index (Phi) is 2.89. The number of carboxylic acid groups (broad SMARTS) is 1. The molecule has 1 aliphatic rings. The molecule has 0 saturated heterocycles. The van der Waals surface area contributed by atoms with Gasteiger partial charge < -0.3 is 5.11 Å². The summed E-state index contributed by atoms with van der Waals surface area (Å²) in [5, 5.41) is 12.9. The number of hydrogen-bond acceptors (Lipinski definition) is 4. The molecule has 0 atom stereocenters. The highest BCUT2D eigenvalue weighted by Gasteiger charge is 2.18. The largest absolute Gasteiger partial charge is 0.476 e. The van der Waals surface area contributed by atoms with Crippen molar-refractivity contribution in [3.8, 4) is 5.95 Å². The number of rotatable bonds is 2. The second-order valence-electron chi connectivity index (χ2n) is 4.91. The molecule has 0 radical (unpaired) electrons. The first-order chi connectivity index (χ1) is 9.56. The lowest BCUT2D eigenvalue weighted by atomic mass is 9.97. The Balaban J connectivity index is 2.13. The predicted octanol–water partition coefficient (Wildman–Crippen LogP) is 0.841. The molecule has 7 nitrogen and oxygen atoms in total. The molecule has 0 aromatic carbocycles. The van der Waals surface area contributed by atoms with Crippen molar-refractivity contribution in [2.75, 3.05) is 0 Å². The van der Waals surface area contributed by atoms with Gasteiger partial charge in [-0.3, -0.25) is 9.78 Å². The van der Waals surface area contributed by atoms with Crippen LogP contribution in [0.3, 0.4) is 0 Å². The lowest BCUT2D eigenvalue weighted by molar-refractivity contribution is 0.0690. The van der Waals surface area contributed by atoms with E-state index in [0.29, 0.717) is 5.69 Å². The SMILES string of the molecule is Cc1cc(C(=O)O)nn1-c1nc2c(c(=O)[nH]1)CCCC2. The molecule has 0 unspecified atom stereocenters. The minimum absolute atomic E-state index is 0.0668. The number of aromatic carboxylic acids is 1. The number of nitrogens with one attached hydrogen (secondary N) is 1. The number of aromatic nitrogens is 4. The summed E-state index contributed by atoms with van der Waals surface area (Å²) in [4.78, 5) is 30.1. The lowest BCUT2D eigenvalue weighted by Gasteiger charge is -2.14. The highest BCUT2D eigenvalue weighted by Crippen LogP contribution is 2.17. The van der Waals surface area contributed by atoms with Gasteiger partial charge in [0.05, 0.1) is 5.69 Å². The zero-order valence-corrected chi connectivity index (χ0v) is 11.0. The fraction of sp³-hybridized carbons (Fsp3) is 0.385. The minimum Gasteiger partial charge on any atom is -0.476 e. The summed E-state index contributed by atoms with van der Waals surface area (Å²) in [6, 6.07) is 1.45. The van der Waals surface area contributed by atoms with Gasteiger partial charge in [0.15, 0.2) is 5.69 Å². The van der Waals surface area contributed by atoms with Crippen molar-refractivity contribution < 1.29 is 9.90 Å². The van der Waals surface area contributed by atoms with Gasteiger partial charge in [-0.25, -0.2) is 14.5 Å². The van der Waals surface area contributed by atoms with Gasteiger partial charge in [0.25, 0.3) is 5.56 Å². The van der Waals surface area contributed by atoms with Crippen molar-refractivity contribution in [3.63, 3.8) is 0 Å². The standard InChI is InChI=1S/C13H14N4O3/c1-7-6-10(12(19)20)16-17(7)13-14-9-5-3-2-4-8(9)11(18)15-13/h6H,2-5H2,1H3,(H,19,20)(H,14,15,18). The van der Waals surface area contributed by atoms with Crippen LogP contribution in [0.2, 0.25) is 0 Å². The van der Waals surface area contributed by atoms with E-state index in [4.69, 9.17) is 5.11 Å². The summed E-state index contributed by atoms with van der Waals surface area (Å²) in [6.07, 6.45) is 3.54. The molecule has 20 heavy (non-hydrogen) atoms. The Bertz CT molecular complexity index is 745. The summed E-state index contributed by atoms with van der Waals surface area (Å²) < 4.78 is 1.36. The molecule has 2 aromatic rings. The second-order valence-corrected chi connectivity index (χ2v) is 4.91. The average Bonchev–Trinajstić information content (AvgIpc) is 2.81. The van der Waals surface area contributed by atoms with Gasteiger partial charge in [0.1, 0.15) is 0 Å². The van der Waals surface area contributed by atoms with Crippen molar-refractivity contribution in [1.82, 2.24) is 19.7 Å². The Morgan fingerprint density at radius 3 is 2.85 bits per heavy atom. The van der Waals surface area contributed by atoms with Gasteiger partial charge in [0, 0.05) is 11.3 Å². The molecule has 0 fully saturated rings. The van der Waals surface area contributed by atoms with Crippen LogP contribution in [-0.4, -0.2) is 30.8 Å². The van der Waals surface area contributed by atoms with E-state index in [1.54, 1.807) is 6.92 Å². The van der Waals surface area contributed by atoms with E-state index in [-0.39, 0.29) is 17.2 Å². The Hall–Kier alpha value is -2.44. The van der Waals surface area contributed by atoms with Gasteiger partial charge in [-0.2, -0.15) is 5.10 Å². The van der Waals surface area contributed by atoms with E-state index >= 15 is 0 Å². The van der Waals surface area contributed by atoms with Crippen molar-refractivity contribution in [1.29, 1.82) is 0 Å². The smallest absolute Gasteiger partial charge is 0.356 e. The normalized spacial score (nSPS) is 14.1. The molecule has 7 heteroatoms. The molecule has 0 amide bonds. The lowest BCUT2D eigenvalue weighted by Crippen LogP contribution is -2.24. The van der Waals surface area contributed by atoms with Crippen LogP contribution in [-0.2, 0) is 12.8 Å². The number of hydrogen-bond donors (Lipinski definition) is 2. The number of aryl methyl sites for hydroxylation is 2. The van der Waals surface area contributed by atoms with Gasteiger partial charge >= 0.3 is 5.97 Å². The quantitative estimate of drug-likeness (QED) is 0.845. The zero-order chi connectivity index (χ0) is 14.3. The Labute approximate surface area is 114 Å². The average molecular weight is 274 g/mol. The predicted molar refractivity (Wildman–Crippen MR) is 70.3 cm³/mol. The molecular weight excluding hydrogens is 260 g/mol. The van der Waals surface area contributed by atoms with Crippen LogP contribution in [0, 0.1) is 6.92 Å². The maximum absolute atomic E-state index is 12.1. The highest BCUT2D eigenvalue weighted by molar-refractivity contribution is 5.85. The van der Waals surface area contributed by atoms with Crippen molar-refractivity contribution >= 4 is 5.97 Å². The molecule has 2 aromatic heterocycles. The molecule has 1 aliphatic carbocycles. The zero-order valence-electron chi connectivity index (χ0n) is 11.0. The molecule has 2 heterocycles. The minimum atomic E-state index is -1.10. The van der Waals surface area contributed by atoms with E-state index < -0.39 is 5.97 Å². The first-order valence-electron chi connectivity index (χ1n) is 6.48. The van der Waals surface area contributed by atoms with E-state index in [1.807, 2.05) is 0 Å². The Morgan fingerprint density at radius 2 is 2.15 bits per heavy atom. The first-order valence-corrected chi connectivity index (χ1v) is 6.48. The fourth-order valence-corrected chi connectivity index (χ4v) is 2.48. The number of nitrogens with zero attached hydrogens (tertiary/aromatic N) is 3. The van der Waals surface area contributed by atoms with Crippen molar-refractivity contribution in [2.45, 2.75) is 32.6 Å². The number of H-pyrrole nitrogens is 1. The molecule has 104 valence electrons. The monoisotopic (exact) mass is 274 g/mol. The van der Waals surface area contributed by atoms with E-state index in [1.165, 1.54) is 10.7 Å². The van der Waals surface area contributed by atoms with Crippen molar-refractivity contribution in [3.05, 3.63) is 39.1 Å². The number of carboxylic acids is 1. The third-order valence-corrected chi connectivity index (χ3v) is 3.49. The van der Waals surface area contributed by atoms with Crippen molar-refractivity contribution in [2.24, 2.45) is 0 Å². The molecular formula is C13H14N4O3. The molecule has 2 N–H and O–H groups in total. The van der Waals surface area contributed by atoms with Gasteiger partial charge in [-0.05, 0) is 38.7 Å². The fourth-order valence-electron chi connectivity index (χ4n) is 2.48. The molecule has 0 spiro atoms. The van der Waals surface area contributed by atoms with E-state index in [9.17, 15) is 9.59 Å². The third-order valence-electron chi connectivity index (χ3n) is 3.49. The molecule has 3 rings (SSSR count). The third kappa shape index (κ3) is 2.01. The topological polar surface area (TPSA) is 101 Å². The summed E-state index contributed by atoms with van der Waals surface area (Å²) in [5.41, 5.74) is 1.92. The van der Waals surface area contributed by atoms with Crippen LogP contribution in [0.25, 0.3) is 5.95 Å². The summed E-state index contributed by atoms with van der Waals surface area (Å²) in [6.45, 7) is 1.72. The van der Waals surface area contributed by atoms with E-state index in [0.717, 1.165) is 36.9 Å². The summed E-state index contributed by atoms with van der Waals surface area (Å²) >= 11 is 0. The molecule has 0 bridgehead atoms. The van der Waals surface area contributed by atoms with Crippen LogP contribution in [0.15, 0.2) is 10.9 Å². The second kappa shape index (κ2) is 4.59. The van der Waals surface area contributed by atoms with Gasteiger partial charge in [-0.1, -0.05) is 0 Å². The first kappa shape index (κ1) is 12.6. The summed E-state index contributed by atoms with van der Waals surface area (Å²) in [5.74, 6) is -0.826. The van der Waals surface area contributed by atoms with Gasteiger partial charge in [-0.15, -0.1) is 0 Å². The Morgan fingerprint density at radius 1 is 1.40 bits per heavy atom. The highest BCUT2D eigenvalue weighted by atomic mass is 16.4. The summed E-state index contributed by atoms with van der Waals surface area (Å²) in [7, 11) is 0. The van der Waals surface area contributed by atoms with Crippen LogP contribution in [0.1, 0.15) is 40.3 Å². The number of carbonyl (C=O) groups is 1. The van der Waals surface area contributed by atoms with Gasteiger partial charge in [0.2, 0.25) is 5.95 Å². The maximum atomic E-state index is 12.1.